The van der Waals surface area contributed by atoms with E-state index in [1.807, 2.05) is 41.1 Å². The molecule has 3 N–H and O–H groups in total. The van der Waals surface area contributed by atoms with E-state index in [0.717, 1.165) is 84.4 Å². The van der Waals surface area contributed by atoms with Crippen molar-refractivity contribution in [1.29, 1.82) is 0 Å². The number of H-pyrrole nitrogens is 1. The monoisotopic (exact) mass is 866 g/mol. The van der Waals surface area contributed by atoms with Gasteiger partial charge in [0.25, 0.3) is 5.91 Å². The second kappa shape index (κ2) is 16.7. The van der Waals surface area contributed by atoms with Crippen molar-refractivity contribution in [2.45, 2.75) is 50.9 Å². The molecule has 6 heterocycles. The largest absolute Gasteiger partial charge is 0.369 e. The highest BCUT2D eigenvalue weighted by Gasteiger charge is 2.39. The van der Waals surface area contributed by atoms with E-state index < -0.39 is 51.1 Å². The number of nitrogens with one attached hydrogen (secondary N) is 3. The van der Waals surface area contributed by atoms with E-state index in [2.05, 4.69) is 37.7 Å². The summed E-state index contributed by atoms with van der Waals surface area (Å²) in [5.41, 5.74) is 4.80. The molecule has 3 aromatic carbocycles. The number of rotatable bonds is 12. The third-order valence-electron chi connectivity index (χ3n) is 12.3. The molecule has 0 radical (unpaired) electrons. The summed E-state index contributed by atoms with van der Waals surface area (Å²) in [5, 5.41) is 3.13. The number of halogens is 3. The fourth-order valence-electron chi connectivity index (χ4n) is 8.87. The van der Waals surface area contributed by atoms with Gasteiger partial charge in [-0.15, -0.1) is 0 Å². The van der Waals surface area contributed by atoms with E-state index >= 15 is 8.78 Å². The highest BCUT2D eigenvalue weighted by molar-refractivity contribution is 7.90. The first kappa shape index (κ1) is 41.3. The van der Waals surface area contributed by atoms with Gasteiger partial charge < -0.3 is 20.1 Å². The van der Waals surface area contributed by atoms with Crippen molar-refractivity contribution in [2.75, 3.05) is 55.4 Å². The molecule has 9 rings (SSSR count). The predicted molar refractivity (Wildman–Crippen MR) is 229 cm³/mol. The number of piperazine rings is 1. The van der Waals surface area contributed by atoms with Crippen molar-refractivity contribution in [1.82, 2.24) is 29.4 Å². The summed E-state index contributed by atoms with van der Waals surface area (Å²) >= 11 is 0. The van der Waals surface area contributed by atoms with Crippen molar-refractivity contribution in [3.63, 3.8) is 0 Å². The lowest BCUT2D eigenvalue weighted by Gasteiger charge is -2.36. The zero-order valence-electron chi connectivity index (χ0n) is 33.8. The molecule has 2 aromatic heterocycles. The van der Waals surface area contributed by atoms with Crippen LogP contribution in [0.4, 0.5) is 24.5 Å². The summed E-state index contributed by atoms with van der Waals surface area (Å²) in [6.45, 7) is 8.30. The van der Waals surface area contributed by atoms with Crippen molar-refractivity contribution in [2.24, 2.45) is 0 Å². The fraction of sp³-hybridized carbons (Fsp3) is 0.333. The fourth-order valence-corrected chi connectivity index (χ4v) is 10.1. The van der Waals surface area contributed by atoms with Crippen LogP contribution in [0.2, 0.25) is 0 Å². The molecule has 0 aliphatic carbocycles. The molecule has 2 amide bonds. The first-order valence-electron chi connectivity index (χ1n) is 20.7. The molecule has 3 saturated heterocycles. The van der Waals surface area contributed by atoms with Gasteiger partial charge in [-0.1, -0.05) is 30.8 Å². The number of aromatic amines is 1. The van der Waals surface area contributed by atoms with Crippen LogP contribution in [0.25, 0.3) is 22.2 Å². The Kier molecular flexibility index (Phi) is 11.1. The maximum atomic E-state index is 15.7. The summed E-state index contributed by atoms with van der Waals surface area (Å²) in [6, 6.07) is 17.0. The number of alkyl halides is 1. The first-order chi connectivity index (χ1) is 29.8. The van der Waals surface area contributed by atoms with Gasteiger partial charge in [0.05, 0.1) is 11.3 Å². The number of ketones is 1. The molecule has 1 unspecified atom stereocenters. The Hall–Kier alpha value is -6.04. The van der Waals surface area contributed by atoms with E-state index in [4.69, 9.17) is 0 Å². The molecule has 62 heavy (non-hydrogen) atoms. The topological polar surface area (TPSA) is 151 Å². The predicted octanol–water partition coefficient (Wildman–Crippen LogP) is 5.94. The number of nitrogens with zero attached hydrogens (tertiary/aromatic N) is 5. The van der Waals surface area contributed by atoms with Crippen LogP contribution in [0.5, 0.6) is 0 Å². The van der Waals surface area contributed by atoms with E-state index in [1.54, 1.807) is 17.2 Å². The van der Waals surface area contributed by atoms with E-state index in [9.17, 15) is 27.2 Å². The SMILES string of the molecule is C=C1CCC(N2Cc3cc(N4CCN(CCCc5ccc(-c6cnc7[nH]cc(C(=O)c8c(F)ccc(NS(=O)(=O)N9CC[C@@H](F)C9)c8F)c7c6)cc5)CC4)ccc3C2=O)C(=O)N1. The van der Waals surface area contributed by atoms with Crippen molar-refractivity contribution in [3.05, 3.63) is 125 Å². The minimum atomic E-state index is -4.35. The molecule has 5 aromatic rings. The number of allylic oxidation sites excluding steroid dienone is 1. The molecule has 4 aliphatic rings. The molecule has 0 spiro atoms. The highest BCUT2D eigenvalue weighted by atomic mass is 32.2. The van der Waals surface area contributed by atoms with Crippen LogP contribution < -0.4 is 14.9 Å². The maximum absolute atomic E-state index is 15.7. The third-order valence-corrected chi connectivity index (χ3v) is 13.8. The molecular formula is C45H45F3N8O5S. The summed E-state index contributed by atoms with van der Waals surface area (Å²) in [6.07, 6.45) is 4.70. The Bertz CT molecular complexity index is 2720. The number of aryl methyl sites for hydroxylation is 1. The van der Waals surface area contributed by atoms with Crippen LogP contribution in [0.3, 0.4) is 0 Å². The average Bonchev–Trinajstić information content (AvgIpc) is 3.99. The number of pyridine rings is 1. The number of fused-ring (bicyclic) bond motifs is 2. The molecular weight excluding hydrogens is 822 g/mol. The number of hydrogen-bond donors (Lipinski definition) is 3. The Balaban J connectivity index is 0.791. The van der Waals surface area contributed by atoms with Crippen LogP contribution in [0.15, 0.2) is 85.3 Å². The van der Waals surface area contributed by atoms with Crippen LogP contribution >= 0.6 is 0 Å². The van der Waals surface area contributed by atoms with E-state index in [0.29, 0.717) is 47.2 Å². The number of anilines is 2. The third kappa shape index (κ3) is 8.07. The molecule has 4 aliphatic heterocycles. The van der Waals surface area contributed by atoms with Gasteiger partial charge >= 0.3 is 10.2 Å². The van der Waals surface area contributed by atoms with Gasteiger partial charge in [0.15, 0.2) is 5.82 Å². The number of benzene rings is 3. The minimum absolute atomic E-state index is 0.00551. The van der Waals surface area contributed by atoms with Gasteiger partial charge in [0.1, 0.15) is 23.7 Å². The van der Waals surface area contributed by atoms with Gasteiger partial charge in [-0.2, -0.15) is 12.7 Å². The number of piperidine rings is 1. The van der Waals surface area contributed by atoms with E-state index in [-0.39, 0.29) is 36.9 Å². The van der Waals surface area contributed by atoms with Crippen LogP contribution in [0.1, 0.15) is 63.1 Å². The van der Waals surface area contributed by atoms with Crippen LogP contribution in [-0.4, -0.2) is 108 Å². The Labute approximate surface area is 356 Å². The van der Waals surface area contributed by atoms with Crippen molar-refractivity contribution >= 4 is 50.2 Å². The zero-order chi connectivity index (χ0) is 43.3. The number of hydrogen-bond acceptors (Lipinski definition) is 8. The van der Waals surface area contributed by atoms with Gasteiger partial charge in [0.2, 0.25) is 11.7 Å². The standard InChI is InChI=1S/C45H45F3N8O5S/c1-27-4-13-39(44(58)51-27)56-25-31-21-33(9-10-34(31)45(56)59)54-19-17-53(18-20-54)15-2-3-28-5-7-29(8-6-28)30-22-35-36(24-50-43(35)49-23-30)42(57)40-37(47)11-12-38(41(40)48)52-62(60,61)55-16-14-32(46)26-55/h5-12,21-24,32,39,52H,1-4,13-20,25-26H2,(H,49,50)(H,51,58)/t32-,39?/m1/s1. The summed E-state index contributed by atoms with van der Waals surface area (Å²) in [7, 11) is -4.35. The molecule has 2 atom stereocenters. The Morgan fingerprint density at radius 2 is 1.74 bits per heavy atom. The molecule has 322 valence electrons. The lowest BCUT2D eigenvalue weighted by atomic mass is 9.99. The summed E-state index contributed by atoms with van der Waals surface area (Å²) in [5.74, 6) is -3.81. The lowest BCUT2D eigenvalue weighted by molar-refractivity contribution is -0.126. The smallest absolute Gasteiger partial charge is 0.301 e. The number of carbonyl (C=O) groups excluding carboxylic acids is 3. The molecule has 17 heteroatoms. The number of amides is 2. The highest BCUT2D eigenvalue weighted by Crippen LogP contribution is 2.33. The van der Waals surface area contributed by atoms with E-state index in [1.165, 1.54) is 6.20 Å². The summed E-state index contributed by atoms with van der Waals surface area (Å²) in [4.78, 5) is 53.3. The maximum Gasteiger partial charge on any atom is 0.301 e. The van der Waals surface area contributed by atoms with Gasteiger partial charge in [-0.3, -0.25) is 24.0 Å². The van der Waals surface area contributed by atoms with Gasteiger partial charge in [-0.25, -0.2) is 18.2 Å². The quantitative estimate of drug-likeness (QED) is 0.131. The molecule has 0 bridgehead atoms. The second-order valence-corrected chi connectivity index (χ2v) is 18.0. The number of aromatic nitrogens is 2. The second-order valence-electron chi connectivity index (χ2n) is 16.3. The van der Waals surface area contributed by atoms with Crippen molar-refractivity contribution < 1.29 is 36.0 Å². The number of carbonyl (C=O) groups is 3. The average molecular weight is 867 g/mol. The Morgan fingerprint density at radius 1 is 0.952 bits per heavy atom. The van der Waals surface area contributed by atoms with Crippen LogP contribution in [-0.2, 0) is 28.0 Å². The van der Waals surface area contributed by atoms with Gasteiger partial charge in [0, 0.05) is 91.7 Å². The van der Waals surface area contributed by atoms with Crippen LogP contribution in [0, 0.1) is 11.6 Å². The summed E-state index contributed by atoms with van der Waals surface area (Å²) < 4.78 is 72.9. The zero-order valence-corrected chi connectivity index (χ0v) is 34.6. The van der Waals surface area contributed by atoms with Crippen molar-refractivity contribution in [3.8, 4) is 11.1 Å². The van der Waals surface area contributed by atoms with Gasteiger partial charge in [-0.05, 0) is 91.7 Å². The molecule has 3 fully saturated rings. The lowest BCUT2D eigenvalue weighted by Crippen LogP contribution is -2.49. The minimum Gasteiger partial charge on any atom is -0.369 e. The normalized spacial score (nSPS) is 20.0. The molecule has 13 nitrogen and oxygen atoms in total. The first-order valence-corrected chi connectivity index (χ1v) is 22.2. The Morgan fingerprint density at radius 3 is 2.48 bits per heavy atom. The molecule has 0 saturated carbocycles.